The summed E-state index contributed by atoms with van der Waals surface area (Å²) in [6, 6.07) is 0. The number of aryl methyl sites for hydroxylation is 2. The summed E-state index contributed by atoms with van der Waals surface area (Å²) < 4.78 is 1.85. The van der Waals surface area contributed by atoms with Crippen LogP contribution >= 0.6 is 0 Å². The standard InChI is InChI=1S/C13H21N3O2/c1-4-12-11(5-15(3)14-12)8-16-6-10(7-16)9(2)13(17)18/h5,9-10H,4,6-8H2,1-3H3,(H,17,18). The molecule has 0 aliphatic carbocycles. The summed E-state index contributed by atoms with van der Waals surface area (Å²) in [7, 11) is 1.94. The van der Waals surface area contributed by atoms with Crippen LogP contribution in [0.2, 0.25) is 0 Å². The first-order chi connectivity index (χ1) is 8.51. The molecule has 100 valence electrons. The molecule has 1 aliphatic heterocycles. The first-order valence-corrected chi connectivity index (χ1v) is 6.47. The zero-order valence-electron chi connectivity index (χ0n) is 11.3. The second-order valence-corrected chi connectivity index (χ2v) is 5.21. The van der Waals surface area contributed by atoms with E-state index in [4.69, 9.17) is 5.11 Å². The molecule has 0 spiro atoms. The number of carboxylic acids is 1. The van der Waals surface area contributed by atoms with Crippen LogP contribution in [0.1, 0.15) is 25.1 Å². The van der Waals surface area contributed by atoms with Crippen LogP contribution in [-0.4, -0.2) is 38.8 Å². The van der Waals surface area contributed by atoms with Gasteiger partial charge in [0.2, 0.25) is 0 Å². The van der Waals surface area contributed by atoms with E-state index in [1.54, 1.807) is 6.92 Å². The van der Waals surface area contributed by atoms with Crippen molar-refractivity contribution in [3.8, 4) is 0 Å². The number of hydrogen-bond donors (Lipinski definition) is 1. The quantitative estimate of drug-likeness (QED) is 0.852. The zero-order chi connectivity index (χ0) is 13.3. The summed E-state index contributed by atoms with van der Waals surface area (Å²) in [6.07, 6.45) is 3.01. The van der Waals surface area contributed by atoms with Gasteiger partial charge in [0.1, 0.15) is 0 Å². The molecule has 18 heavy (non-hydrogen) atoms. The average molecular weight is 251 g/mol. The minimum absolute atomic E-state index is 0.235. The predicted molar refractivity (Wildman–Crippen MR) is 68.2 cm³/mol. The van der Waals surface area contributed by atoms with E-state index >= 15 is 0 Å². The number of likely N-dealkylation sites (tertiary alicyclic amines) is 1. The van der Waals surface area contributed by atoms with Crippen molar-refractivity contribution in [1.29, 1.82) is 0 Å². The predicted octanol–water partition coefficient (Wildman–Crippen LogP) is 1.14. The van der Waals surface area contributed by atoms with Crippen molar-refractivity contribution in [3.05, 3.63) is 17.5 Å². The van der Waals surface area contributed by atoms with Crippen LogP contribution in [0.15, 0.2) is 6.20 Å². The van der Waals surface area contributed by atoms with Gasteiger partial charge in [-0.2, -0.15) is 5.10 Å². The summed E-state index contributed by atoms with van der Waals surface area (Å²) in [5, 5.41) is 13.4. The lowest BCUT2D eigenvalue weighted by atomic mass is 9.87. The van der Waals surface area contributed by atoms with Crippen molar-refractivity contribution in [2.75, 3.05) is 13.1 Å². The van der Waals surface area contributed by atoms with Gasteiger partial charge in [0.15, 0.2) is 0 Å². The first kappa shape index (κ1) is 13.1. The number of carbonyl (C=O) groups is 1. The Hall–Kier alpha value is -1.36. The Bertz CT molecular complexity index is 435. The third kappa shape index (κ3) is 2.56. The van der Waals surface area contributed by atoms with Crippen LogP contribution in [0.3, 0.4) is 0 Å². The molecule has 5 nitrogen and oxygen atoms in total. The topological polar surface area (TPSA) is 58.4 Å². The number of rotatable bonds is 5. The summed E-state index contributed by atoms with van der Waals surface area (Å²) in [6.45, 7) is 6.56. The van der Waals surface area contributed by atoms with Gasteiger partial charge in [0.05, 0.1) is 11.6 Å². The molecule has 1 atom stereocenters. The number of carboxylic acid groups (broad SMARTS) is 1. The maximum Gasteiger partial charge on any atom is 0.306 e. The van der Waals surface area contributed by atoms with Crippen LogP contribution in [0.5, 0.6) is 0 Å². The normalized spacial score (nSPS) is 18.6. The lowest BCUT2D eigenvalue weighted by Gasteiger charge is -2.41. The van der Waals surface area contributed by atoms with Gasteiger partial charge in [0.25, 0.3) is 0 Å². The summed E-state index contributed by atoms with van der Waals surface area (Å²) >= 11 is 0. The summed E-state index contributed by atoms with van der Waals surface area (Å²) in [5.74, 6) is -0.625. The highest BCUT2D eigenvalue weighted by atomic mass is 16.4. The Balaban J connectivity index is 1.88. The molecule has 5 heteroatoms. The van der Waals surface area contributed by atoms with Gasteiger partial charge in [-0.15, -0.1) is 0 Å². The molecule has 1 aromatic heterocycles. The Kier molecular flexibility index (Phi) is 3.71. The molecule has 2 heterocycles. The molecule has 0 aromatic carbocycles. The van der Waals surface area contributed by atoms with Crippen LogP contribution in [0.25, 0.3) is 0 Å². The molecular formula is C13H21N3O2. The van der Waals surface area contributed by atoms with Gasteiger partial charge in [-0.1, -0.05) is 13.8 Å². The van der Waals surface area contributed by atoms with Crippen LogP contribution < -0.4 is 0 Å². The first-order valence-electron chi connectivity index (χ1n) is 6.47. The van der Waals surface area contributed by atoms with Crippen molar-refractivity contribution in [2.24, 2.45) is 18.9 Å². The van der Waals surface area contributed by atoms with Crippen molar-refractivity contribution in [1.82, 2.24) is 14.7 Å². The molecule has 1 N–H and O–H groups in total. The van der Waals surface area contributed by atoms with Crippen LogP contribution in [0.4, 0.5) is 0 Å². The molecule has 1 saturated heterocycles. The van der Waals surface area contributed by atoms with E-state index in [0.29, 0.717) is 5.92 Å². The van der Waals surface area contributed by atoms with E-state index in [2.05, 4.69) is 23.1 Å². The highest BCUT2D eigenvalue weighted by Gasteiger charge is 2.34. The van der Waals surface area contributed by atoms with E-state index in [1.807, 2.05) is 11.7 Å². The molecule has 0 saturated carbocycles. The van der Waals surface area contributed by atoms with Crippen molar-refractivity contribution in [2.45, 2.75) is 26.8 Å². The number of nitrogens with zero attached hydrogens (tertiary/aromatic N) is 3. The number of hydrogen-bond acceptors (Lipinski definition) is 3. The number of aliphatic carboxylic acids is 1. The second-order valence-electron chi connectivity index (χ2n) is 5.21. The van der Waals surface area contributed by atoms with Crippen molar-refractivity contribution < 1.29 is 9.90 Å². The molecular weight excluding hydrogens is 230 g/mol. The molecule has 1 fully saturated rings. The van der Waals surface area contributed by atoms with Gasteiger partial charge in [-0.05, 0) is 12.3 Å². The van der Waals surface area contributed by atoms with E-state index in [-0.39, 0.29) is 5.92 Å². The Morgan fingerprint density at radius 1 is 1.61 bits per heavy atom. The lowest BCUT2D eigenvalue weighted by Crippen LogP contribution is -2.50. The maximum atomic E-state index is 10.9. The van der Waals surface area contributed by atoms with Crippen molar-refractivity contribution in [3.63, 3.8) is 0 Å². The molecule has 0 bridgehead atoms. The van der Waals surface area contributed by atoms with Gasteiger partial charge < -0.3 is 5.11 Å². The highest BCUT2D eigenvalue weighted by molar-refractivity contribution is 5.70. The Morgan fingerprint density at radius 2 is 2.28 bits per heavy atom. The average Bonchev–Trinajstić information content (AvgIpc) is 2.62. The lowest BCUT2D eigenvalue weighted by molar-refractivity contribution is -0.145. The smallest absolute Gasteiger partial charge is 0.306 e. The third-order valence-electron chi connectivity index (χ3n) is 3.80. The largest absolute Gasteiger partial charge is 0.481 e. The summed E-state index contributed by atoms with van der Waals surface area (Å²) in [4.78, 5) is 13.2. The van der Waals surface area contributed by atoms with Gasteiger partial charge in [-0.3, -0.25) is 14.4 Å². The minimum Gasteiger partial charge on any atom is -0.481 e. The second kappa shape index (κ2) is 5.10. The van der Waals surface area contributed by atoms with Crippen LogP contribution in [0, 0.1) is 11.8 Å². The fourth-order valence-electron chi connectivity index (χ4n) is 2.51. The molecule has 1 unspecified atom stereocenters. The minimum atomic E-state index is -0.685. The van der Waals surface area contributed by atoms with E-state index in [1.165, 1.54) is 5.56 Å². The van der Waals surface area contributed by atoms with Gasteiger partial charge in [0, 0.05) is 38.4 Å². The molecule has 2 rings (SSSR count). The van der Waals surface area contributed by atoms with Crippen molar-refractivity contribution >= 4 is 5.97 Å². The van der Waals surface area contributed by atoms with Crippen LogP contribution in [-0.2, 0) is 24.8 Å². The van der Waals surface area contributed by atoms with E-state index in [0.717, 1.165) is 31.7 Å². The molecule has 1 aliphatic rings. The van der Waals surface area contributed by atoms with E-state index in [9.17, 15) is 4.79 Å². The molecule has 0 amide bonds. The Morgan fingerprint density at radius 3 is 2.83 bits per heavy atom. The highest BCUT2D eigenvalue weighted by Crippen LogP contribution is 2.26. The fourth-order valence-corrected chi connectivity index (χ4v) is 2.51. The fraction of sp³-hybridized carbons (Fsp3) is 0.692. The number of aromatic nitrogens is 2. The SMILES string of the molecule is CCc1nn(C)cc1CN1CC(C(C)C(=O)O)C1. The third-order valence-corrected chi connectivity index (χ3v) is 3.80. The summed E-state index contributed by atoms with van der Waals surface area (Å²) in [5.41, 5.74) is 2.41. The maximum absolute atomic E-state index is 10.9. The van der Waals surface area contributed by atoms with Gasteiger partial charge >= 0.3 is 5.97 Å². The monoisotopic (exact) mass is 251 g/mol. The van der Waals surface area contributed by atoms with Gasteiger partial charge in [-0.25, -0.2) is 0 Å². The van der Waals surface area contributed by atoms with E-state index < -0.39 is 5.97 Å². The Labute approximate surface area is 107 Å². The molecule has 0 radical (unpaired) electrons. The zero-order valence-corrected chi connectivity index (χ0v) is 11.3. The molecule has 1 aromatic rings.